The van der Waals surface area contributed by atoms with Gasteiger partial charge in [0.05, 0.1) is 0 Å². The molecule has 90 valence electrons. The minimum atomic E-state index is 0.393. The standard InChI is InChI=1S/C11H24N2O2/c1-9(3-6-14-2)11(13-12)10-4-7-15-8-5-10/h9-11,13H,3-8,12H2,1-2H3. The lowest BCUT2D eigenvalue weighted by Gasteiger charge is -2.33. The maximum atomic E-state index is 5.64. The molecule has 1 aliphatic heterocycles. The van der Waals surface area contributed by atoms with Gasteiger partial charge < -0.3 is 9.47 Å². The lowest BCUT2D eigenvalue weighted by Crippen LogP contribution is -2.47. The van der Waals surface area contributed by atoms with Crippen LogP contribution in [0.3, 0.4) is 0 Å². The van der Waals surface area contributed by atoms with Crippen molar-refractivity contribution in [1.82, 2.24) is 5.43 Å². The first-order valence-electron chi connectivity index (χ1n) is 5.82. The number of nitrogens with one attached hydrogen (secondary N) is 1. The fourth-order valence-corrected chi connectivity index (χ4v) is 2.32. The lowest BCUT2D eigenvalue weighted by atomic mass is 9.83. The van der Waals surface area contributed by atoms with Gasteiger partial charge in [0.2, 0.25) is 0 Å². The van der Waals surface area contributed by atoms with Crippen LogP contribution < -0.4 is 11.3 Å². The molecule has 0 spiro atoms. The number of rotatable bonds is 6. The lowest BCUT2D eigenvalue weighted by molar-refractivity contribution is 0.0425. The summed E-state index contributed by atoms with van der Waals surface area (Å²) >= 11 is 0. The summed E-state index contributed by atoms with van der Waals surface area (Å²) < 4.78 is 10.5. The molecule has 0 saturated carbocycles. The second kappa shape index (κ2) is 7.17. The van der Waals surface area contributed by atoms with Gasteiger partial charge >= 0.3 is 0 Å². The van der Waals surface area contributed by atoms with Crippen LogP contribution in [0.1, 0.15) is 26.2 Å². The predicted molar refractivity (Wildman–Crippen MR) is 60.3 cm³/mol. The van der Waals surface area contributed by atoms with E-state index in [-0.39, 0.29) is 0 Å². The molecule has 0 amide bonds. The highest BCUT2D eigenvalue weighted by molar-refractivity contribution is 4.81. The molecular formula is C11H24N2O2. The minimum absolute atomic E-state index is 0.393. The van der Waals surface area contributed by atoms with Gasteiger partial charge in [0.25, 0.3) is 0 Å². The van der Waals surface area contributed by atoms with Gasteiger partial charge in [0.15, 0.2) is 0 Å². The number of hydrogen-bond acceptors (Lipinski definition) is 4. The van der Waals surface area contributed by atoms with Gasteiger partial charge in [-0.1, -0.05) is 6.92 Å². The van der Waals surface area contributed by atoms with Crippen LogP contribution in [0.2, 0.25) is 0 Å². The van der Waals surface area contributed by atoms with Gasteiger partial charge in [-0.3, -0.25) is 11.3 Å². The van der Waals surface area contributed by atoms with E-state index >= 15 is 0 Å². The molecule has 2 unspecified atom stereocenters. The molecular weight excluding hydrogens is 192 g/mol. The summed E-state index contributed by atoms with van der Waals surface area (Å²) in [6.07, 6.45) is 3.29. The van der Waals surface area contributed by atoms with E-state index in [0.717, 1.165) is 39.1 Å². The van der Waals surface area contributed by atoms with Crippen molar-refractivity contribution < 1.29 is 9.47 Å². The van der Waals surface area contributed by atoms with Gasteiger partial charge in [0.1, 0.15) is 0 Å². The smallest absolute Gasteiger partial charge is 0.0469 e. The van der Waals surface area contributed by atoms with Crippen LogP contribution in [0.4, 0.5) is 0 Å². The molecule has 1 fully saturated rings. The van der Waals surface area contributed by atoms with Crippen LogP contribution in [-0.2, 0) is 9.47 Å². The fourth-order valence-electron chi connectivity index (χ4n) is 2.32. The van der Waals surface area contributed by atoms with Crippen molar-refractivity contribution in [3.8, 4) is 0 Å². The van der Waals surface area contributed by atoms with E-state index in [0.29, 0.717) is 17.9 Å². The SMILES string of the molecule is COCCC(C)C(NN)C1CCOCC1. The normalized spacial score (nSPS) is 22.6. The molecule has 0 bridgehead atoms. The molecule has 0 radical (unpaired) electrons. The zero-order valence-electron chi connectivity index (χ0n) is 9.87. The Bertz CT molecular complexity index is 161. The van der Waals surface area contributed by atoms with Gasteiger partial charge in [-0.25, -0.2) is 0 Å². The Hall–Kier alpha value is -0.160. The summed E-state index contributed by atoms with van der Waals surface area (Å²) in [7, 11) is 1.74. The second-order valence-corrected chi connectivity index (χ2v) is 4.40. The Labute approximate surface area is 92.5 Å². The van der Waals surface area contributed by atoms with Crippen molar-refractivity contribution in [3.05, 3.63) is 0 Å². The Morgan fingerprint density at radius 3 is 2.67 bits per heavy atom. The first kappa shape index (κ1) is 12.9. The summed E-state index contributed by atoms with van der Waals surface area (Å²) in [6, 6.07) is 0.393. The Balaban J connectivity index is 2.37. The molecule has 4 heteroatoms. The average Bonchev–Trinajstić information content (AvgIpc) is 2.29. The zero-order valence-corrected chi connectivity index (χ0v) is 9.87. The Morgan fingerprint density at radius 2 is 2.13 bits per heavy atom. The molecule has 1 rings (SSSR count). The maximum absolute atomic E-state index is 5.64. The molecule has 0 aliphatic carbocycles. The fraction of sp³-hybridized carbons (Fsp3) is 1.00. The zero-order chi connectivity index (χ0) is 11.1. The molecule has 15 heavy (non-hydrogen) atoms. The third-order valence-corrected chi connectivity index (χ3v) is 3.36. The number of hydrogen-bond donors (Lipinski definition) is 2. The van der Waals surface area contributed by atoms with E-state index < -0.39 is 0 Å². The Kier molecular flexibility index (Phi) is 6.17. The summed E-state index contributed by atoms with van der Waals surface area (Å²) in [4.78, 5) is 0. The second-order valence-electron chi connectivity index (χ2n) is 4.40. The van der Waals surface area contributed by atoms with Gasteiger partial charge in [-0.2, -0.15) is 0 Å². The molecule has 3 N–H and O–H groups in total. The number of nitrogens with two attached hydrogens (primary N) is 1. The van der Waals surface area contributed by atoms with Crippen LogP contribution in [0.5, 0.6) is 0 Å². The van der Waals surface area contributed by atoms with E-state index in [4.69, 9.17) is 15.3 Å². The van der Waals surface area contributed by atoms with Crippen molar-refractivity contribution in [3.63, 3.8) is 0 Å². The van der Waals surface area contributed by atoms with Crippen LogP contribution in [0.15, 0.2) is 0 Å². The van der Waals surface area contributed by atoms with E-state index in [1.807, 2.05) is 0 Å². The maximum Gasteiger partial charge on any atom is 0.0469 e. The predicted octanol–water partition coefficient (Wildman–Crippen LogP) is 0.917. The number of methoxy groups -OCH3 is 1. The van der Waals surface area contributed by atoms with Crippen LogP contribution in [0.25, 0.3) is 0 Å². The van der Waals surface area contributed by atoms with Crippen LogP contribution in [0, 0.1) is 11.8 Å². The molecule has 1 saturated heterocycles. The average molecular weight is 216 g/mol. The first-order valence-corrected chi connectivity index (χ1v) is 5.82. The van der Waals surface area contributed by atoms with Crippen LogP contribution >= 0.6 is 0 Å². The largest absolute Gasteiger partial charge is 0.385 e. The van der Waals surface area contributed by atoms with Gasteiger partial charge in [0, 0.05) is 33.0 Å². The highest BCUT2D eigenvalue weighted by Crippen LogP contribution is 2.24. The Morgan fingerprint density at radius 1 is 1.47 bits per heavy atom. The number of ether oxygens (including phenoxy) is 2. The highest BCUT2D eigenvalue weighted by atomic mass is 16.5. The third kappa shape index (κ3) is 4.07. The van der Waals surface area contributed by atoms with E-state index in [2.05, 4.69) is 12.3 Å². The number of hydrazine groups is 1. The van der Waals surface area contributed by atoms with E-state index in [1.165, 1.54) is 0 Å². The monoisotopic (exact) mass is 216 g/mol. The summed E-state index contributed by atoms with van der Waals surface area (Å²) in [5.41, 5.74) is 2.97. The quantitative estimate of drug-likeness (QED) is 0.512. The highest BCUT2D eigenvalue weighted by Gasteiger charge is 2.27. The van der Waals surface area contributed by atoms with Crippen molar-refractivity contribution >= 4 is 0 Å². The van der Waals surface area contributed by atoms with Gasteiger partial charge in [-0.05, 0) is 31.1 Å². The van der Waals surface area contributed by atoms with Crippen molar-refractivity contribution in [2.75, 3.05) is 26.9 Å². The van der Waals surface area contributed by atoms with E-state index in [1.54, 1.807) is 7.11 Å². The van der Waals surface area contributed by atoms with E-state index in [9.17, 15) is 0 Å². The first-order chi connectivity index (χ1) is 7.29. The molecule has 0 aromatic heterocycles. The van der Waals surface area contributed by atoms with Crippen molar-refractivity contribution in [2.24, 2.45) is 17.7 Å². The van der Waals surface area contributed by atoms with Gasteiger partial charge in [-0.15, -0.1) is 0 Å². The molecule has 0 aromatic rings. The molecule has 1 aliphatic rings. The molecule has 1 heterocycles. The topological polar surface area (TPSA) is 56.5 Å². The molecule has 4 nitrogen and oxygen atoms in total. The molecule has 0 aromatic carbocycles. The summed E-state index contributed by atoms with van der Waals surface area (Å²) in [5.74, 6) is 6.85. The summed E-state index contributed by atoms with van der Waals surface area (Å²) in [5, 5.41) is 0. The minimum Gasteiger partial charge on any atom is -0.385 e. The van der Waals surface area contributed by atoms with Crippen LogP contribution in [-0.4, -0.2) is 33.0 Å². The van der Waals surface area contributed by atoms with Crippen molar-refractivity contribution in [2.45, 2.75) is 32.2 Å². The third-order valence-electron chi connectivity index (χ3n) is 3.36. The summed E-state index contributed by atoms with van der Waals surface area (Å²) in [6.45, 7) is 4.79. The molecule has 2 atom stereocenters. The van der Waals surface area contributed by atoms with Crippen molar-refractivity contribution in [1.29, 1.82) is 0 Å².